The highest BCUT2D eigenvalue weighted by atomic mass is 16.2. The maximum absolute atomic E-state index is 11.0. The summed E-state index contributed by atoms with van der Waals surface area (Å²) in [5, 5.41) is 2.90. The van der Waals surface area contributed by atoms with Gasteiger partial charge in [0.1, 0.15) is 0 Å². The largest absolute Gasteiger partial charge is 0.355 e. The van der Waals surface area contributed by atoms with Crippen LogP contribution < -0.4 is 5.32 Å². The Hall–Kier alpha value is -0.530. The van der Waals surface area contributed by atoms with E-state index >= 15 is 0 Å². The van der Waals surface area contributed by atoms with Crippen molar-refractivity contribution in [1.29, 1.82) is 0 Å². The number of hydrogen-bond donors (Lipinski definition) is 1. The van der Waals surface area contributed by atoms with Crippen LogP contribution in [0.4, 0.5) is 0 Å². The van der Waals surface area contributed by atoms with Crippen LogP contribution in [0, 0.1) is 17.3 Å². The summed E-state index contributed by atoms with van der Waals surface area (Å²) in [5.74, 6) is 1.32. The van der Waals surface area contributed by atoms with E-state index in [1.807, 2.05) is 0 Å². The quantitative estimate of drug-likeness (QED) is 0.571. The van der Waals surface area contributed by atoms with E-state index in [0.717, 1.165) is 13.0 Å². The van der Waals surface area contributed by atoms with Crippen LogP contribution in [0.15, 0.2) is 0 Å². The van der Waals surface area contributed by atoms with Gasteiger partial charge in [0.05, 0.1) is 0 Å². The van der Waals surface area contributed by atoms with Crippen LogP contribution in [0.3, 0.4) is 0 Å². The van der Waals surface area contributed by atoms with Gasteiger partial charge in [0, 0.05) is 17.9 Å². The average Bonchev–Trinajstić information content (AvgIpc) is 2.52. The summed E-state index contributed by atoms with van der Waals surface area (Å²) in [5.41, 5.74) is 0.372. The van der Waals surface area contributed by atoms with E-state index in [-0.39, 0.29) is 5.91 Å². The average molecular weight is 139 g/mol. The molecular weight excluding hydrogens is 126 g/mol. The normalized spacial score (nSPS) is 43.5. The molecule has 56 valence electrons. The molecule has 0 bridgehead atoms. The zero-order valence-electron chi connectivity index (χ0n) is 6.48. The lowest BCUT2D eigenvalue weighted by Crippen LogP contribution is -2.22. The number of amides is 1. The molecular formula is C8H13NO. The molecule has 0 aromatic heterocycles. The monoisotopic (exact) mass is 139 g/mol. The van der Waals surface area contributed by atoms with E-state index in [2.05, 4.69) is 19.2 Å². The molecule has 2 aliphatic rings. The van der Waals surface area contributed by atoms with E-state index in [9.17, 15) is 4.79 Å². The fraction of sp³-hybridized carbons (Fsp3) is 0.875. The molecule has 10 heavy (non-hydrogen) atoms. The van der Waals surface area contributed by atoms with E-state index < -0.39 is 0 Å². The second-order valence-electron chi connectivity index (χ2n) is 3.86. The molecule has 0 spiro atoms. The Morgan fingerprint density at radius 3 is 2.60 bits per heavy atom. The smallest absolute Gasteiger partial charge is 0.223 e. The molecule has 1 saturated heterocycles. The SMILES string of the molecule is CC(C)C12CNC(=O)C1C2. The molecule has 1 saturated carbocycles. The van der Waals surface area contributed by atoms with E-state index in [0.29, 0.717) is 17.3 Å². The molecule has 1 N–H and O–H groups in total. The van der Waals surface area contributed by atoms with Gasteiger partial charge >= 0.3 is 0 Å². The van der Waals surface area contributed by atoms with Crippen molar-refractivity contribution in [2.24, 2.45) is 17.3 Å². The molecule has 2 heteroatoms. The molecule has 1 amide bonds. The Bertz CT molecular complexity index is 188. The Morgan fingerprint density at radius 1 is 1.70 bits per heavy atom. The highest BCUT2D eigenvalue weighted by molar-refractivity contribution is 5.85. The van der Waals surface area contributed by atoms with Crippen molar-refractivity contribution in [2.75, 3.05) is 6.54 Å². The summed E-state index contributed by atoms with van der Waals surface area (Å²) in [6.45, 7) is 5.34. The lowest BCUT2D eigenvalue weighted by Gasteiger charge is -2.14. The highest BCUT2D eigenvalue weighted by Crippen LogP contribution is 2.60. The maximum atomic E-state index is 11.0. The van der Waals surface area contributed by atoms with Crippen LogP contribution in [0.25, 0.3) is 0 Å². The molecule has 1 aliphatic carbocycles. The van der Waals surface area contributed by atoms with Crippen molar-refractivity contribution < 1.29 is 4.79 Å². The van der Waals surface area contributed by atoms with Gasteiger partial charge in [-0.2, -0.15) is 0 Å². The van der Waals surface area contributed by atoms with E-state index in [4.69, 9.17) is 0 Å². The van der Waals surface area contributed by atoms with Gasteiger partial charge in [0.25, 0.3) is 0 Å². The van der Waals surface area contributed by atoms with Crippen LogP contribution in [-0.4, -0.2) is 12.5 Å². The minimum Gasteiger partial charge on any atom is -0.355 e. The van der Waals surface area contributed by atoms with Crippen LogP contribution in [-0.2, 0) is 4.79 Å². The zero-order valence-corrected chi connectivity index (χ0v) is 6.48. The molecule has 2 unspecified atom stereocenters. The number of fused-ring (bicyclic) bond motifs is 1. The van der Waals surface area contributed by atoms with Gasteiger partial charge in [-0.3, -0.25) is 4.79 Å². The third kappa shape index (κ3) is 0.522. The van der Waals surface area contributed by atoms with Gasteiger partial charge in [-0.1, -0.05) is 13.8 Å². The van der Waals surface area contributed by atoms with Crippen molar-refractivity contribution in [3.63, 3.8) is 0 Å². The predicted octanol–water partition coefficient (Wildman–Crippen LogP) is 0.778. The standard InChI is InChI=1S/C8H13NO/c1-5(2)8-3-6(8)7(10)9-4-8/h5-6H,3-4H2,1-2H3,(H,9,10). The minimum atomic E-state index is 0.286. The van der Waals surface area contributed by atoms with Crippen LogP contribution >= 0.6 is 0 Å². The first kappa shape index (κ1) is 6.20. The third-order valence-electron chi connectivity index (χ3n) is 3.18. The van der Waals surface area contributed by atoms with Gasteiger partial charge < -0.3 is 5.32 Å². The highest BCUT2D eigenvalue weighted by Gasteiger charge is 2.63. The van der Waals surface area contributed by atoms with Crippen molar-refractivity contribution in [3.8, 4) is 0 Å². The molecule has 0 radical (unpaired) electrons. The van der Waals surface area contributed by atoms with Crippen molar-refractivity contribution in [2.45, 2.75) is 20.3 Å². The summed E-state index contributed by atoms with van der Waals surface area (Å²) in [7, 11) is 0. The molecule has 2 atom stereocenters. The summed E-state index contributed by atoms with van der Waals surface area (Å²) in [6, 6.07) is 0. The molecule has 2 nitrogen and oxygen atoms in total. The molecule has 2 fully saturated rings. The van der Waals surface area contributed by atoms with E-state index in [1.165, 1.54) is 0 Å². The second kappa shape index (κ2) is 1.55. The van der Waals surface area contributed by atoms with Gasteiger partial charge in [-0.05, 0) is 12.3 Å². The van der Waals surface area contributed by atoms with Gasteiger partial charge in [0.15, 0.2) is 0 Å². The summed E-state index contributed by atoms with van der Waals surface area (Å²) in [6.07, 6.45) is 1.14. The molecule has 2 rings (SSSR count). The molecule has 0 aromatic carbocycles. The lowest BCUT2D eigenvalue weighted by molar-refractivity contribution is -0.120. The van der Waals surface area contributed by atoms with Crippen LogP contribution in [0.1, 0.15) is 20.3 Å². The Morgan fingerprint density at radius 2 is 2.40 bits per heavy atom. The first-order valence-electron chi connectivity index (χ1n) is 3.94. The zero-order chi connectivity index (χ0) is 7.35. The van der Waals surface area contributed by atoms with Crippen LogP contribution in [0.5, 0.6) is 0 Å². The number of piperidine rings is 1. The maximum Gasteiger partial charge on any atom is 0.223 e. The van der Waals surface area contributed by atoms with Crippen LogP contribution in [0.2, 0.25) is 0 Å². The first-order valence-corrected chi connectivity index (χ1v) is 3.94. The first-order chi connectivity index (χ1) is 4.67. The number of carbonyl (C=O) groups is 1. The number of nitrogens with one attached hydrogen (secondary N) is 1. The Labute approximate surface area is 61.0 Å². The van der Waals surface area contributed by atoms with Gasteiger partial charge in [-0.15, -0.1) is 0 Å². The molecule has 1 aliphatic heterocycles. The third-order valence-corrected chi connectivity index (χ3v) is 3.18. The second-order valence-corrected chi connectivity index (χ2v) is 3.86. The number of rotatable bonds is 1. The number of hydrogen-bond acceptors (Lipinski definition) is 1. The molecule has 1 heterocycles. The Balaban J connectivity index is 2.18. The minimum absolute atomic E-state index is 0.286. The predicted molar refractivity (Wildman–Crippen MR) is 38.4 cm³/mol. The number of carbonyl (C=O) groups excluding carboxylic acids is 1. The Kier molecular flexibility index (Phi) is 0.960. The van der Waals surface area contributed by atoms with E-state index in [1.54, 1.807) is 0 Å². The van der Waals surface area contributed by atoms with Gasteiger partial charge in [0.2, 0.25) is 5.91 Å². The van der Waals surface area contributed by atoms with Crippen molar-refractivity contribution in [3.05, 3.63) is 0 Å². The van der Waals surface area contributed by atoms with Crippen molar-refractivity contribution in [1.82, 2.24) is 5.32 Å². The lowest BCUT2D eigenvalue weighted by atomic mass is 9.92. The fourth-order valence-corrected chi connectivity index (χ4v) is 2.09. The molecule has 0 aromatic rings. The van der Waals surface area contributed by atoms with Crippen molar-refractivity contribution >= 4 is 5.91 Å². The summed E-state index contributed by atoms with van der Waals surface area (Å²) in [4.78, 5) is 11.0. The fourth-order valence-electron chi connectivity index (χ4n) is 2.09. The summed E-state index contributed by atoms with van der Waals surface area (Å²) < 4.78 is 0. The van der Waals surface area contributed by atoms with Gasteiger partial charge in [-0.25, -0.2) is 0 Å². The topological polar surface area (TPSA) is 29.1 Å². The summed E-state index contributed by atoms with van der Waals surface area (Å²) >= 11 is 0.